The molecule has 2 heteroatoms. The number of benzene rings is 5. The Hall–Kier alpha value is -3.32. The maximum atomic E-state index is 3.06. The zero-order valence-electron chi connectivity index (χ0n) is 23.5. The van der Waals surface area contributed by atoms with Crippen LogP contribution in [0.5, 0.6) is 0 Å². The molecule has 0 atom stereocenters. The van der Waals surface area contributed by atoms with E-state index in [9.17, 15) is 0 Å². The molecule has 0 aliphatic heterocycles. The number of rotatable bonds is 1. The monoisotopic (exact) mass is 606 g/mol. The molecule has 7 aromatic rings. The van der Waals surface area contributed by atoms with E-state index in [0.29, 0.717) is 0 Å². The average molecular weight is 608 g/mol. The van der Waals surface area contributed by atoms with Crippen molar-refractivity contribution < 1.29 is 23.3 Å². The Morgan fingerprint density at radius 2 is 1.20 bits per heavy atom. The van der Waals surface area contributed by atoms with Gasteiger partial charge in [0.2, 0.25) is 0 Å². The fourth-order valence-corrected chi connectivity index (χ4v) is 5.97. The van der Waals surface area contributed by atoms with Crippen LogP contribution in [0.2, 0.25) is 0 Å². The average Bonchev–Trinajstić information content (AvgIpc) is 3.63. The predicted molar refractivity (Wildman–Crippen MR) is 175 cm³/mol. The van der Waals surface area contributed by atoms with Gasteiger partial charge in [-0.25, -0.2) is 0 Å². The number of hydrogen-bond acceptors (Lipinski definition) is 0. The van der Waals surface area contributed by atoms with Crippen molar-refractivity contribution in [1.82, 2.24) is 0 Å². The van der Waals surface area contributed by atoms with E-state index in [4.69, 9.17) is 0 Å². The normalized spacial score (nSPS) is 10.5. The van der Waals surface area contributed by atoms with Gasteiger partial charge in [0.05, 0.1) is 0 Å². The van der Waals surface area contributed by atoms with Crippen molar-refractivity contribution in [2.24, 2.45) is 0 Å². The summed E-state index contributed by atoms with van der Waals surface area (Å²) in [6, 6.07) is 44.0. The molecule has 2 radical (unpaired) electrons. The zero-order chi connectivity index (χ0) is 26.2. The third kappa shape index (κ3) is 5.12. The van der Waals surface area contributed by atoms with Crippen LogP contribution in [0.15, 0.2) is 121 Å². The van der Waals surface area contributed by atoms with Gasteiger partial charge in [0.1, 0.15) is 0 Å². The summed E-state index contributed by atoms with van der Waals surface area (Å²) in [7, 11) is 0. The molecule has 0 unspecified atom stereocenters. The summed E-state index contributed by atoms with van der Waals surface area (Å²) in [6.07, 6.45) is 0. The van der Waals surface area contributed by atoms with Gasteiger partial charge in [-0.2, -0.15) is 12.1 Å². The number of hydrogen-bond donors (Lipinski definition) is 0. The van der Waals surface area contributed by atoms with Crippen LogP contribution in [0, 0.1) is 28.7 Å². The van der Waals surface area contributed by atoms with Crippen LogP contribution in [-0.2, 0) is 23.3 Å². The van der Waals surface area contributed by atoms with Gasteiger partial charge in [0.25, 0.3) is 0 Å². The Balaban J connectivity index is 0.000000170. The molecule has 0 spiro atoms. The van der Waals surface area contributed by atoms with Gasteiger partial charge in [-0.1, -0.05) is 115 Å². The number of aryl methyl sites for hydroxylation is 2. The van der Waals surface area contributed by atoms with Crippen LogP contribution >= 0.6 is 0 Å². The van der Waals surface area contributed by atoms with E-state index in [-0.39, 0.29) is 14.9 Å². The first-order valence-corrected chi connectivity index (χ1v) is 17.0. The van der Waals surface area contributed by atoms with Gasteiger partial charge in [-0.15, -0.1) is 63.0 Å². The Labute approximate surface area is 255 Å². The molecule has 0 fully saturated rings. The van der Waals surface area contributed by atoms with E-state index in [1.807, 2.05) is 0 Å². The minimum absolute atomic E-state index is 0. The summed E-state index contributed by atoms with van der Waals surface area (Å²) < 4.78 is 0. The first-order valence-electron chi connectivity index (χ1n) is 12.9. The summed E-state index contributed by atoms with van der Waals surface area (Å²) >= 11 is 1.36. The van der Waals surface area contributed by atoms with Crippen molar-refractivity contribution in [3.63, 3.8) is 0 Å². The van der Waals surface area contributed by atoms with Crippen molar-refractivity contribution >= 4 is 39.2 Å². The molecule has 40 heavy (non-hydrogen) atoms. The predicted octanol–water partition coefficient (Wildman–Crippen LogP) is 10.7. The van der Waals surface area contributed by atoms with Gasteiger partial charge in [0.15, 0.2) is 0 Å². The van der Waals surface area contributed by atoms with E-state index in [1.165, 1.54) is 100 Å². The Morgan fingerprint density at radius 3 is 1.95 bits per heavy atom. The molecule has 0 saturated carbocycles. The van der Waals surface area contributed by atoms with Crippen LogP contribution in [-0.4, -0.2) is 6.88 Å². The van der Waals surface area contributed by atoms with Gasteiger partial charge < -0.3 is 14.9 Å². The van der Waals surface area contributed by atoms with Crippen molar-refractivity contribution in [2.45, 2.75) is 13.8 Å². The van der Waals surface area contributed by atoms with Crippen LogP contribution in [0.25, 0.3) is 65.7 Å². The van der Waals surface area contributed by atoms with E-state index in [0.717, 1.165) is 0 Å². The fourth-order valence-electron chi connectivity index (χ4n) is 5.97. The molecule has 0 N–H and O–H groups in total. The molecular weight excluding hydrogens is 576 g/mol. The molecule has 0 aromatic heterocycles. The molecule has 0 bridgehead atoms. The standard InChI is InChI=1S/C20H13.C16H13.2CH3.Si.Zr/c1-12-10-14-8-9-16-15-6-2-4-13-5-3-7-17(19(13)15)20(16)18(14)11-12;1-12-10-14-8-5-9-15(16(14)11-12)13-6-3-2-4-7-13;;;;/h2-11H,1H3;2-11H,1H3;2*1H3;;/q4*-1;;. The summed E-state index contributed by atoms with van der Waals surface area (Å²) in [5.74, 6) is 0. The SMILES string of the molecule is Cc1cc2c(-c3ccccc3)cccc2[cH-]1.Cc1cc2ccc3c(c2[cH-]1)-c1cccc2cccc-3c12.[CH3-].[CH3-].[Si]=[Zr]. The van der Waals surface area contributed by atoms with Gasteiger partial charge in [0, 0.05) is 0 Å². The van der Waals surface area contributed by atoms with E-state index in [1.54, 1.807) is 0 Å². The molecule has 196 valence electrons. The fraction of sp³-hybridized carbons (Fsp3) is 0.0526. The Morgan fingerprint density at radius 1 is 0.550 bits per heavy atom. The summed E-state index contributed by atoms with van der Waals surface area (Å²) in [4.78, 5) is 0. The minimum atomic E-state index is 0. The second-order valence-electron chi connectivity index (χ2n) is 9.94. The summed E-state index contributed by atoms with van der Waals surface area (Å²) in [6.45, 7) is 7.39. The van der Waals surface area contributed by atoms with E-state index in [2.05, 4.69) is 142 Å². The molecule has 1 aliphatic carbocycles. The molecule has 0 saturated heterocycles. The molecule has 0 nitrogen and oxygen atoms in total. The second-order valence-corrected chi connectivity index (χ2v) is 9.94. The molecule has 0 amide bonds. The molecule has 8 rings (SSSR count). The third-order valence-electron chi connectivity index (χ3n) is 7.48. The van der Waals surface area contributed by atoms with Gasteiger partial charge in [-0.05, 0) is 21.9 Å². The maximum absolute atomic E-state index is 3.06. The van der Waals surface area contributed by atoms with Crippen molar-refractivity contribution in [3.05, 3.63) is 147 Å². The van der Waals surface area contributed by atoms with Crippen molar-refractivity contribution in [2.75, 3.05) is 0 Å². The van der Waals surface area contributed by atoms with Gasteiger partial charge in [-0.3, -0.25) is 0 Å². The molecule has 1 aliphatic rings. The van der Waals surface area contributed by atoms with Gasteiger partial charge >= 0.3 is 30.2 Å². The Bertz CT molecular complexity index is 1920. The topological polar surface area (TPSA) is 0 Å². The van der Waals surface area contributed by atoms with Crippen LogP contribution in [0.4, 0.5) is 0 Å². The quantitative estimate of drug-likeness (QED) is 0.129. The second kappa shape index (κ2) is 12.5. The van der Waals surface area contributed by atoms with Crippen LogP contribution in [0.1, 0.15) is 11.1 Å². The molecular formula is C38H32SiZr-4. The first-order chi connectivity index (χ1) is 18.7. The Kier molecular flexibility index (Phi) is 9.24. The van der Waals surface area contributed by atoms with E-state index >= 15 is 0 Å². The van der Waals surface area contributed by atoms with Crippen molar-refractivity contribution in [3.8, 4) is 33.4 Å². The van der Waals surface area contributed by atoms with Crippen molar-refractivity contribution in [1.29, 1.82) is 0 Å². The molecule has 7 aromatic carbocycles. The van der Waals surface area contributed by atoms with Crippen LogP contribution in [0.3, 0.4) is 0 Å². The number of fused-ring (bicyclic) bond motifs is 6. The first kappa shape index (κ1) is 29.7. The third-order valence-corrected chi connectivity index (χ3v) is 7.48. The summed E-state index contributed by atoms with van der Waals surface area (Å²) in [5.41, 5.74) is 10.9. The summed E-state index contributed by atoms with van der Waals surface area (Å²) in [5, 5.41) is 8.18. The van der Waals surface area contributed by atoms with E-state index < -0.39 is 0 Å². The van der Waals surface area contributed by atoms with Crippen LogP contribution < -0.4 is 0 Å². The molecule has 0 heterocycles. The zero-order valence-corrected chi connectivity index (χ0v) is 27.0.